The molecule has 3 atom stereocenters. The number of nitrogens with two attached hydrogens (primary N) is 1. The fourth-order valence-corrected chi connectivity index (χ4v) is 1.73. The van der Waals surface area contributed by atoms with Crippen LogP contribution in [0.4, 0.5) is 0 Å². The summed E-state index contributed by atoms with van der Waals surface area (Å²) in [5.74, 6) is 1.44. The molecule has 2 N–H and O–H groups in total. The van der Waals surface area contributed by atoms with Crippen molar-refractivity contribution in [2.24, 2.45) is 5.73 Å². The maximum atomic E-state index is 5.81. The van der Waals surface area contributed by atoms with Crippen LogP contribution in [0.15, 0.2) is 4.42 Å². The van der Waals surface area contributed by atoms with Crippen molar-refractivity contribution in [2.75, 3.05) is 6.61 Å². The van der Waals surface area contributed by atoms with Crippen molar-refractivity contribution < 1.29 is 9.15 Å². The lowest BCUT2D eigenvalue weighted by atomic mass is 10.1. The van der Waals surface area contributed by atoms with E-state index in [1.165, 1.54) is 0 Å². The van der Waals surface area contributed by atoms with Crippen molar-refractivity contribution in [1.29, 1.82) is 0 Å². The summed E-state index contributed by atoms with van der Waals surface area (Å²) in [5.41, 5.74) is 5.81. The zero-order valence-electron chi connectivity index (χ0n) is 9.14. The molecule has 0 spiro atoms. The lowest BCUT2D eigenvalue weighted by Gasteiger charge is -2.02. The van der Waals surface area contributed by atoms with Crippen molar-refractivity contribution in [2.45, 2.75) is 44.8 Å². The van der Waals surface area contributed by atoms with Crippen molar-refractivity contribution in [1.82, 2.24) is 10.2 Å². The molecular weight excluding hydrogens is 194 g/mol. The largest absolute Gasteiger partial charge is 0.423 e. The molecule has 0 bridgehead atoms. The molecule has 3 unspecified atom stereocenters. The Labute approximate surface area is 89.0 Å². The summed E-state index contributed by atoms with van der Waals surface area (Å²) >= 11 is 0. The highest BCUT2D eigenvalue weighted by Gasteiger charge is 2.28. The second-order valence-electron chi connectivity index (χ2n) is 4.07. The Hall–Kier alpha value is -0.940. The molecule has 1 aliphatic rings. The molecule has 0 radical (unpaired) electrons. The van der Waals surface area contributed by atoms with E-state index in [0.717, 1.165) is 12.8 Å². The summed E-state index contributed by atoms with van der Waals surface area (Å²) in [7, 11) is 0. The second-order valence-corrected chi connectivity index (χ2v) is 4.07. The minimum absolute atomic E-state index is 0.147. The Balaban J connectivity index is 2.07. The van der Waals surface area contributed by atoms with Crippen molar-refractivity contribution >= 4 is 0 Å². The van der Waals surface area contributed by atoms with Crippen LogP contribution in [0.5, 0.6) is 0 Å². The summed E-state index contributed by atoms with van der Waals surface area (Å²) in [6.45, 7) is 4.72. The van der Waals surface area contributed by atoms with Crippen LogP contribution in [0, 0.1) is 0 Å². The van der Waals surface area contributed by atoms with Crippen molar-refractivity contribution in [3.63, 3.8) is 0 Å². The van der Waals surface area contributed by atoms with Gasteiger partial charge in [-0.3, -0.25) is 0 Å². The third-order valence-electron chi connectivity index (χ3n) is 2.76. The van der Waals surface area contributed by atoms with Gasteiger partial charge in [-0.05, 0) is 19.8 Å². The molecule has 1 aromatic rings. The van der Waals surface area contributed by atoms with E-state index in [0.29, 0.717) is 18.4 Å². The van der Waals surface area contributed by atoms with E-state index in [4.69, 9.17) is 14.9 Å². The van der Waals surface area contributed by atoms with Crippen LogP contribution in [0.25, 0.3) is 0 Å². The lowest BCUT2D eigenvalue weighted by Crippen LogP contribution is -2.08. The summed E-state index contributed by atoms with van der Waals surface area (Å²) in [4.78, 5) is 0. The molecule has 0 aromatic carbocycles. The third-order valence-corrected chi connectivity index (χ3v) is 2.76. The summed E-state index contributed by atoms with van der Waals surface area (Å²) < 4.78 is 11.0. The first-order chi connectivity index (χ1) is 7.20. The van der Waals surface area contributed by atoms with E-state index < -0.39 is 0 Å². The number of rotatable bonds is 3. The van der Waals surface area contributed by atoms with Gasteiger partial charge < -0.3 is 14.9 Å². The van der Waals surface area contributed by atoms with Gasteiger partial charge in [0.25, 0.3) is 0 Å². The molecule has 1 aromatic heterocycles. The lowest BCUT2D eigenvalue weighted by molar-refractivity contribution is 0.122. The van der Waals surface area contributed by atoms with Gasteiger partial charge in [-0.1, -0.05) is 6.92 Å². The topological polar surface area (TPSA) is 74.2 Å². The highest BCUT2D eigenvalue weighted by Crippen LogP contribution is 2.28. The quantitative estimate of drug-likeness (QED) is 0.817. The van der Waals surface area contributed by atoms with E-state index in [1.54, 1.807) is 0 Å². The Morgan fingerprint density at radius 1 is 1.53 bits per heavy atom. The van der Waals surface area contributed by atoms with Gasteiger partial charge in [-0.25, -0.2) is 0 Å². The Morgan fingerprint density at radius 3 is 2.93 bits per heavy atom. The maximum Gasteiger partial charge on any atom is 0.233 e. The van der Waals surface area contributed by atoms with Crippen LogP contribution in [0.1, 0.15) is 50.4 Å². The Morgan fingerprint density at radius 2 is 2.33 bits per heavy atom. The number of aromatic nitrogens is 2. The number of nitrogens with zero attached hydrogens (tertiary/aromatic N) is 2. The van der Waals surface area contributed by atoms with Crippen LogP contribution >= 0.6 is 0 Å². The first-order valence-electron chi connectivity index (χ1n) is 5.41. The number of ether oxygens (including phenoxy) is 1. The fraction of sp³-hybridized carbons (Fsp3) is 0.800. The molecule has 84 valence electrons. The molecule has 1 saturated heterocycles. The van der Waals surface area contributed by atoms with E-state index in [1.807, 2.05) is 6.92 Å². The molecule has 1 fully saturated rings. The average molecular weight is 211 g/mol. The van der Waals surface area contributed by atoms with Crippen LogP contribution in [-0.2, 0) is 4.74 Å². The van der Waals surface area contributed by atoms with Gasteiger partial charge in [0.2, 0.25) is 11.8 Å². The van der Waals surface area contributed by atoms with Gasteiger partial charge in [0, 0.05) is 0 Å². The van der Waals surface area contributed by atoms with E-state index in [9.17, 15) is 0 Å². The maximum absolute atomic E-state index is 5.81. The molecule has 1 aliphatic heterocycles. The first-order valence-corrected chi connectivity index (χ1v) is 5.41. The molecule has 2 heterocycles. The van der Waals surface area contributed by atoms with Crippen LogP contribution in [0.3, 0.4) is 0 Å². The zero-order valence-corrected chi connectivity index (χ0v) is 9.14. The molecule has 15 heavy (non-hydrogen) atoms. The standard InChI is InChI=1S/C10H17N3O2/c1-3-8(11)10-13-12-9(15-10)7-4-6(2)14-5-7/h6-8H,3-5,11H2,1-2H3. The zero-order chi connectivity index (χ0) is 10.8. The fourth-order valence-electron chi connectivity index (χ4n) is 1.73. The molecule has 2 rings (SSSR count). The second kappa shape index (κ2) is 4.28. The molecule has 0 saturated carbocycles. The average Bonchev–Trinajstić information content (AvgIpc) is 2.84. The monoisotopic (exact) mass is 211 g/mol. The highest BCUT2D eigenvalue weighted by molar-refractivity contribution is 4.97. The summed E-state index contributed by atoms with van der Waals surface area (Å²) in [5, 5.41) is 7.98. The van der Waals surface area contributed by atoms with Gasteiger partial charge >= 0.3 is 0 Å². The first kappa shape index (κ1) is 10.6. The van der Waals surface area contributed by atoms with Gasteiger partial charge in [0.1, 0.15) is 0 Å². The third kappa shape index (κ3) is 2.18. The van der Waals surface area contributed by atoms with E-state index in [-0.39, 0.29) is 18.1 Å². The Kier molecular flexibility index (Phi) is 3.02. The SMILES string of the molecule is CCC(N)c1nnc(C2COC(C)C2)o1. The molecule has 0 amide bonds. The number of hydrogen-bond donors (Lipinski definition) is 1. The van der Waals surface area contributed by atoms with Gasteiger partial charge in [0.05, 0.1) is 24.7 Å². The predicted molar refractivity (Wildman–Crippen MR) is 54.3 cm³/mol. The van der Waals surface area contributed by atoms with Gasteiger partial charge in [0.15, 0.2) is 0 Å². The normalized spacial score (nSPS) is 28.2. The van der Waals surface area contributed by atoms with Gasteiger partial charge in [-0.2, -0.15) is 0 Å². The van der Waals surface area contributed by atoms with Crippen molar-refractivity contribution in [3.05, 3.63) is 11.8 Å². The summed E-state index contributed by atoms with van der Waals surface area (Å²) in [6, 6.07) is -0.147. The Bertz CT molecular complexity index is 326. The summed E-state index contributed by atoms with van der Waals surface area (Å²) in [6.07, 6.45) is 2.03. The molecule has 5 heteroatoms. The van der Waals surface area contributed by atoms with Gasteiger partial charge in [-0.15, -0.1) is 10.2 Å². The van der Waals surface area contributed by atoms with Crippen LogP contribution in [0.2, 0.25) is 0 Å². The van der Waals surface area contributed by atoms with Crippen LogP contribution in [-0.4, -0.2) is 22.9 Å². The van der Waals surface area contributed by atoms with Crippen LogP contribution < -0.4 is 5.73 Å². The minimum Gasteiger partial charge on any atom is -0.423 e. The highest BCUT2D eigenvalue weighted by atomic mass is 16.5. The van der Waals surface area contributed by atoms with E-state index >= 15 is 0 Å². The predicted octanol–water partition coefficient (Wildman–Crippen LogP) is 1.37. The molecule has 5 nitrogen and oxygen atoms in total. The number of hydrogen-bond acceptors (Lipinski definition) is 5. The molecular formula is C10H17N3O2. The molecule has 0 aliphatic carbocycles. The van der Waals surface area contributed by atoms with Crippen molar-refractivity contribution in [3.8, 4) is 0 Å². The van der Waals surface area contributed by atoms with E-state index in [2.05, 4.69) is 17.1 Å². The smallest absolute Gasteiger partial charge is 0.233 e. The minimum atomic E-state index is -0.147.